The van der Waals surface area contributed by atoms with Gasteiger partial charge in [0.05, 0.1) is 6.54 Å². The van der Waals surface area contributed by atoms with Gasteiger partial charge in [0.15, 0.2) is 0 Å². The van der Waals surface area contributed by atoms with E-state index in [1.807, 2.05) is 0 Å². The second-order valence-corrected chi connectivity index (χ2v) is 3.22. The molecule has 0 aliphatic rings. The summed E-state index contributed by atoms with van der Waals surface area (Å²) < 4.78 is 0. The summed E-state index contributed by atoms with van der Waals surface area (Å²) in [7, 11) is 0. The molecule has 0 amide bonds. The zero-order valence-corrected chi connectivity index (χ0v) is 10.7. The number of thiol groups is 1. The second kappa shape index (κ2) is 13.7. The molecule has 0 spiro atoms. The molecule has 0 radical (unpaired) electrons. The molecule has 0 bridgehead atoms. The number of hydrogen-bond acceptors (Lipinski definition) is 7. The average molecular weight is 285 g/mol. The first-order valence-electron chi connectivity index (χ1n) is 4.59. The molecule has 0 unspecified atom stereocenters. The molecule has 9 N–H and O–H groups in total. The van der Waals surface area contributed by atoms with Gasteiger partial charge in [0, 0.05) is 5.75 Å². The van der Waals surface area contributed by atoms with Crippen LogP contribution < -0.4 is 17.2 Å². The van der Waals surface area contributed by atoms with Crippen LogP contribution in [0.2, 0.25) is 0 Å². The molecule has 0 aliphatic carbocycles. The second-order valence-electron chi connectivity index (χ2n) is 2.85. The number of carboxylic acid groups (broad SMARTS) is 3. The van der Waals surface area contributed by atoms with Gasteiger partial charge >= 0.3 is 17.9 Å². The molecule has 0 aliphatic heterocycles. The van der Waals surface area contributed by atoms with Crippen molar-refractivity contribution in [2.45, 2.75) is 19.0 Å². The summed E-state index contributed by atoms with van der Waals surface area (Å²) in [4.78, 5) is 28.6. The largest absolute Gasteiger partial charge is 0.480 e. The predicted octanol–water partition coefficient (Wildman–Crippen LogP) is -2.22. The van der Waals surface area contributed by atoms with Crippen LogP contribution in [0.3, 0.4) is 0 Å². The summed E-state index contributed by atoms with van der Waals surface area (Å²) in [5.74, 6) is -2.75. The van der Waals surface area contributed by atoms with Gasteiger partial charge in [0.25, 0.3) is 0 Å². The first-order chi connectivity index (χ1) is 8.09. The van der Waals surface area contributed by atoms with Crippen molar-refractivity contribution in [3.63, 3.8) is 0 Å². The molecule has 0 rings (SSSR count). The van der Waals surface area contributed by atoms with Crippen LogP contribution in [0.1, 0.15) is 6.92 Å². The lowest BCUT2D eigenvalue weighted by Crippen LogP contribution is -2.31. The van der Waals surface area contributed by atoms with E-state index < -0.39 is 30.0 Å². The van der Waals surface area contributed by atoms with Crippen molar-refractivity contribution in [1.29, 1.82) is 0 Å². The molecule has 9 nitrogen and oxygen atoms in total. The first kappa shape index (κ1) is 21.9. The molecular weight excluding hydrogens is 266 g/mol. The van der Waals surface area contributed by atoms with Gasteiger partial charge in [-0.05, 0) is 6.92 Å². The Morgan fingerprint density at radius 2 is 1.39 bits per heavy atom. The highest BCUT2D eigenvalue weighted by Gasteiger charge is 2.06. The molecule has 2 atom stereocenters. The molecule has 0 aromatic carbocycles. The molecule has 0 aromatic rings. The van der Waals surface area contributed by atoms with Gasteiger partial charge in [-0.15, -0.1) is 0 Å². The minimum absolute atomic E-state index is 0.190. The number of aliphatic carboxylic acids is 3. The van der Waals surface area contributed by atoms with Gasteiger partial charge in [-0.25, -0.2) is 0 Å². The maximum atomic E-state index is 9.76. The van der Waals surface area contributed by atoms with E-state index >= 15 is 0 Å². The van der Waals surface area contributed by atoms with Crippen LogP contribution in [0.4, 0.5) is 0 Å². The maximum Gasteiger partial charge on any atom is 0.321 e. The topological polar surface area (TPSA) is 190 Å². The molecule has 0 saturated heterocycles. The number of carbonyl (C=O) groups is 3. The van der Waals surface area contributed by atoms with Gasteiger partial charge in [0.1, 0.15) is 12.1 Å². The standard InChI is InChI=1S/C3H7NO2S.C3H7NO2.C2H5NO2/c4-2(1-7)3(5)6;1-2(4)3(5)6;3-1-2(4)5/h2,7H,1,4H2,(H,5,6);2H,4H2,1H3,(H,5,6);1,3H2,(H,4,5)/t2*2-;/m00./s1. The van der Waals surface area contributed by atoms with Crippen molar-refractivity contribution in [2.75, 3.05) is 12.3 Å². The van der Waals surface area contributed by atoms with E-state index in [1.54, 1.807) is 0 Å². The lowest BCUT2D eigenvalue weighted by molar-refractivity contribution is -0.138. The summed E-state index contributed by atoms with van der Waals surface area (Å²) >= 11 is 3.65. The maximum absolute atomic E-state index is 9.76. The minimum Gasteiger partial charge on any atom is -0.480 e. The quantitative estimate of drug-likeness (QED) is 0.280. The Balaban J connectivity index is -0.000000190. The van der Waals surface area contributed by atoms with Gasteiger partial charge in [-0.1, -0.05) is 0 Å². The zero-order valence-electron chi connectivity index (χ0n) is 9.81. The van der Waals surface area contributed by atoms with Crippen molar-refractivity contribution in [3.05, 3.63) is 0 Å². The van der Waals surface area contributed by atoms with Crippen LogP contribution in [0, 0.1) is 0 Å². The van der Waals surface area contributed by atoms with Crippen LogP contribution >= 0.6 is 12.6 Å². The van der Waals surface area contributed by atoms with Crippen molar-refractivity contribution in [2.24, 2.45) is 17.2 Å². The highest BCUT2D eigenvalue weighted by molar-refractivity contribution is 7.80. The van der Waals surface area contributed by atoms with Gasteiger partial charge in [-0.3, -0.25) is 14.4 Å². The van der Waals surface area contributed by atoms with Crippen LogP contribution in [0.25, 0.3) is 0 Å². The Morgan fingerprint density at radius 1 is 1.11 bits per heavy atom. The predicted molar refractivity (Wildman–Crippen MR) is 67.4 cm³/mol. The molecule has 0 fully saturated rings. The van der Waals surface area contributed by atoms with Crippen LogP contribution in [0.5, 0.6) is 0 Å². The third-order valence-corrected chi connectivity index (χ3v) is 1.47. The third kappa shape index (κ3) is 24.1. The van der Waals surface area contributed by atoms with Crippen molar-refractivity contribution < 1.29 is 29.7 Å². The summed E-state index contributed by atoms with van der Waals surface area (Å²) in [6, 6.07) is -1.55. The van der Waals surface area contributed by atoms with Crippen LogP contribution in [-0.4, -0.2) is 57.6 Å². The first-order valence-corrected chi connectivity index (χ1v) is 5.22. The Morgan fingerprint density at radius 3 is 1.39 bits per heavy atom. The van der Waals surface area contributed by atoms with E-state index in [9.17, 15) is 14.4 Å². The number of rotatable bonds is 4. The number of hydrogen-bond donors (Lipinski definition) is 7. The summed E-state index contributed by atoms with van der Waals surface area (Å²) in [6.45, 7) is 1.14. The van der Waals surface area contributed by atoms with E-state index in [1.165, 1.54) is 6.92 Å². The van der Waals surface area contributed by atoms with Gasteiger partial charge < -0.3 is 32.5 Å². The minimum atomic E-state index is -1.00. The lowest BCUT2D eigenvalue weighted by Gasteiger charge is -1.96. The summed E-state index contributed by atoms with van der Waals surface area (Å²) in [5.41, 5.74) is 14.3. The molecule has 18 heavy (non-hydrogen) atoms. The fourth-order valence-corrected chi connectivity index (χ4v) is 0.234. The monoisotopic (exact) mass is 285 g/mol. The van der Waals surface area contributed by atoms with Crippen molar-refractivity contribution in [3.8, 4) is 0 Å². The lowest BCUT2D eigenvalue weighted by atomic mass is 10.4. The highest BCUT2D eigenvalue weighted by atomic mass is 32.1. The van der Waals surface area contributed by atoms with Crippen molar-refractivity contribution >= 4 is 30.5 Å². The SMILES string of the molecule is C[C@H](N)C(=O)O.NCC(=O)O.N[C@@H](CS)C(=O)O. The molecule has 0 heterocycles. The fourth-order valence-electron chi connectivity index (χ4n) is 0.0781. The van der Waals surface area contributed by atoms with Crippen LogP contribution in [0.15, 0.2) is 0 Å². The van der Waals surface area contributed by atoms with E-state index in [2.05, 4.69) is 18.4 Å². The Hall–Kier alpha value is -1.36. The van der Waals surface area contributed by atoms with Gasteiger partial charge in [-0.2, -0.15) is 12.6 Å². The Labute approximate surface area is 109 Å². The summed E-state index contributed by atoms with van der Waals surface area (Å²) in [6.07, 6.45) is 0. The third-order valence-electron chi connectivity index (χ3n) is 1.08. The van der Waals surface area contributed by atoms with E-state index in [4.69, 9.17) is 26.8 Å². The normalized spacial score (nSPS) is 11.8. The number of nitrogens with two attached hydrogens (primary N) is 3. The molecular formula is C8H19N3O6S. The van der Waals surface area contributed by atoms with Gasteiger partial charge in [0.2, 0.25) is 0 Å². The average Bonchev–Trinajstić information content (AvgIpc) is 2.29. The molecule has 108 valence electrons. The molecule has 10 heteroatoms. The smallest absolute Gasteiger partial charge is 0.321 e. The van der Waals surface area contributed by atoms with Crippen LogP contribution in [-0.2, 0) is 14.4 Å². The van der Waals surface area contributed by atoms with E-state index in [0.29, 0.717) is 0 Å². The van der Waals surface area contributed by atoms with E-state index in [0.717, 1.165) is 0 Å². The molecule has 0 aromatic heterocycles. The van der Waals surface area contributed by atoms with Crippen molar-refractivity contribution in [1.82, 2.24) is 0 Å². The highest BCUT2D eigenvalue weighted by Crippen LogP contribution is 1.80. The Bertz CT molecular complexity index is 261. The van der Waals surface area contributed by atoms with E-state index in [-0.39, 0.29) is 12.3 Å². The fraction of sp³-hybridized carbons (Fsp3) is 0.625. The summed E-state index contributed by atoms with van der Waals surface area (Å²) in [5, 5.41) is 23.5. The molecule has 0 saturated carbocycles. The number of carboxylic acids is 3. The Kier molecular flexibility index (Phi) is 16.7. The zero-order chi connectivity index (χ0) is 15.3.